The number of benzene rings is 3. The molecular formula is C34H36F3N5O4. The Kier molecular flexibility index (Phi) is 9.27. The molecule has 46 heavy (non-hydrogen) atoms. The van der Waals surface area contributed by atoms with E-state index < -0.39 is 29.5 Å². The minimum atomic E-state index is -4.81. The van der Waals surface area contributed by atoms with E-state index in [-0.39, 0.29) is 30.2 Å². The smallest absolute Gasteiger partial charge is 0.435 e. The van der Waals surface area contributed by atoms with Crippen molar-refractivity contribution in [2.45, 2.75) is 58.5 Å². The van der Waals surface area contributed by atoms with Gasteiger partial charge in [-0.05, 0) is 87.1 Å². The minimum absolute atomic E-state index is 0.00755. The second-order valence-electron chi connectivity index (χ2n) is 12.3. The van der Waals surface area contributed by atoms with Gasteiger partial charge < -0.3 is 25.4 Å². The zero-order valence-corrected chi connectivity index (χ0v) is 25.8. The molecule has 1 aliphatic carbocycles. The summed E-state index contributed by atoms with van der Waals surface area (Å²) in [7, 11) is 0. The molecule has 0 spiro atoms. The van der Waals surface area contributed by atoms with Crippen LogP contribution in [0.25, 0.3) is 5.69 Å². The van der Waals surface area contributed by atoms with Crippen molar-refractivity contribution < 1.29 is 32.6 Å². The lowest BCUT2D eigenvalue weighted by molar-refractivity contribution is -0.141. The van der Waals surface area contributed by atoms with Crippen molar-refractivity contribution in [1.82, 2.24) is 15.1 Å². The van der Waals surface area contributed by atoms with Crippen LogP contribution in [0.4, 0.5) is 29.3 Å². The van der Waals surface area contributed by atoms with Gasteiger partial charge in [0, 0.05) is 24.8 Å². The van der Waals surface area contributed by atoms with E-state index in [1.54, 1.807) is 81.4 Å². The molecule has 0 atom stereocenters. The highest BCUT2D eigenvalue weighted by Crippen LogP contribution is 2.33. The van der Waals surface area contributed by atoms with Gasteiger partial charge in [-0.25, -0.2) is 9.48 Å². The molecule has 3 aromatic carbocycles. The summed E-state index contributed by atoms with van der Waals surface area (Å²) in [4.78, 5) is 27.8. The standard InChI is InChI=1S/C34H36F3N5O4/c1-33(2,3)46-32(45)39-20-23-8-7-11-26(16-23)42-28(18-30(40-42)34(35,36)37)31(44)41(25-9-5-4-6-10-25)21-24-14-15-29(43)27(17-24)38-19-22-12-13-22/h4-11,14-18,22,38,43H,12-13,19-21H2,1-3H3,(H,39,45). The fraction of sp³-hybridized carbons (Fsp3) is 0.324. The van der Waals surface area contributed by atoms with Crippen molar-refractivity contribution in [3.8, 4) is 11.4 Å². The van der Waals surface area contributed by atoms with Gasteiger partial charge in [0.2, 0.25) is 0 Å². The molecule has 1 fully saturated rings. The maximum Gasteiger partial charge on any atom is 0.435 e. The molecular weight excluding hydrogens is 599 g/mol. The zero-order valence-electron chi connectivity index (χ0n) is 25.8. The van der Waals surface area contributed by atoms with Crippen LogP contribution in [0.2, 0.25) is 0 Å². The number of alkyl carbamates (subject to hydrolysis) is 1. The third-order valence-corrected chi connectivity index (χ3v) is 7.20. The van der Waals surface area contributed by atoms with Crippen molar-refractivity contribution in [3.63, 3.8) is 0 Å². The minimum Gasteiger partial charge on any atom is -0.506 e. The Morgan fingerprint density at radius 2 is 1.72 bits per heavy atom. The van der Waals surface area contributed by atoms with Crippen LogP contribution in [-0.2, 0) is 24.0 Å². The number of anilines is 2. The van der Waals surface area contributed by atoms with E-state index in [0.29, 0.717) is 35.0 Å². The van der Waals surface area contributed by atoms with Gasteiger partial charge in [-0.1, -0.05) is 36.4 Å². The summed E-state index contributed by atoms with van der Waals surface area (Å²) in [5, 5.41) is 20.1. The molecule has 3 N–H and O–H groups in total. The van der Waals surface area contributed by atoms with Gasteiger partial charge in [0.25, 0.3) is 5.91 Å². The number of hydrogen-bond donors (Lipinski definition) is 3. The van der Waals surface area contributed by atoms with E-state index in [2.05, 4.69) is 15.7 Å². The Morgan fingerprint density at radius 1 is 0.978 bits per heavy atom. The number of phenols is 1. The first-order valence-electron chi connectivity index (χ1n) is 14.9. The van der Waals surface area contributed by atoms with Crippen molar-refractivity contribution in [2.75, 3.05) is 16.8 Å². The van der Waals surface area contributed by atoms with E-state index in [4.69, 9.17) is 4.74 Å². The molecule has 1 aromatic heterocycles. The molecule has 1 heterocycles. The van der Waals surface area contributed by atoms with E-state index in [1.807, 2.05) is 0 Å². The number of alkyl halides is 3. The highest BCUT2D eigenvalue weighted by Gasteiger charge is 2.37. The number of ether oxygens (including phenoxy) is 1. The van der Waals surface area contributed by atoms with Crippen LogP contribution in [-0.4, -0.2) is 39.0 Å². The van der Waals surface area contributed by atoms with E-state index in [1.165, 1.54) is 17.0 Å². The van der Waals surface area contributed by atoms with E-state index in [0.717, 1.165) is 23.6 Å². The number of phenolic OH excluding ortho intramolecular Hbond substituents is 1. The maximum absolute atomic E-state index is 14.3. The lowest BCUT2D eigenvalue weighted by Crippen LogP contribution is -2.32. The number of hydrogen-bond acceptors (Lipinski definition) is 6. The zero-order chi connectivity index (χ0) is 33.1. The summed E-state index contributed by atoms with van der Waals surface area (Å²) in [6, 6.07) is 20.7. The highest BCUT2D eigenvalue weighted by atomic mass is 19.4. The van der Waals surface area contributed by atoms with E-state index >= 15 is 0 Å². The number of nitrogens with one attached hydrogen (secondary N) is 2. The second-order valence-corrected chi connectivity index (χ2v) is 12.3. The molecule has 2 amide bonds. The number of carbonyl (C=O) groups excluding carboxylic acids is 2. The van der Waals surface area contributed by atoms with Crippen LogP contribution in [0.3, 0.4) is 0 Å². The normalized spacial score (nSPS) is 13.3. The fourth-order valence-corrected chi connectivity index (χ4v) is 4.76. The SMILES string of the molecule is CC(C)(C)OC(=O)NCc1cccc(-n2nc(C(F)(F)F)cc2C(=O)N(Cc2ccc(O)c(NCC3CC3)c2)c2ccccc2)c1. The fourth-order valence-electron chi connectivity index (χ4n) is 4.76. The number of halogens is 3. The molecule has 1 saturated carbocycles. The van der Waals surface area contributed by atoms with Crippen molar-refractivity contribution in [3.05, 3.63) is 101 Å². The number of rotatable bonds is 10. The first-order valence-corrected chi connectivity index (χ1v) is 14.9. The van der Waals surface area contributed by atoms with Gasteiger partial charge in [0.1, 0.15) is 17.0 Å². The second kappa shape index (κ2) is 13.2. The van der Waals surface area contributed by atoms with Crippen LogP contribution in [0.15, 0.2) is 78.9 Å². The quantitative estimate of drug-likeness (QED) is 0.158. The Bertz CT molecular complexity index is 1700. The lowest BCUT2D eigenvalue weighted by atomic mass is 10.1. The van der Waals surface area contributed by atoms with Crippen LogP contribution in [0, 0.1) is 5.92 Å². The predicted octanol–water partition coefficient (Wildman–Crippen LogP) is 7.29. The van der Waals surface area contributed by atoms with Gasteiger partial charge >= 0.3 is 12.3 Å². The average Bonchev–Trinajstić information content (AvgIpc) is 3.72. The topological polar surface area (TPSA) is 109 Å². The number of aromatic nitrogens is 2. The van der Waals surface area contributed by atoms with Gasteiger partial charge in [-0.15, -0.1) is 0 Å². The third-order valence-electron chi connectivity index (χ3n) is 7.20. The Balaban J connectivity index is 1.48. The van der Waals surface area contributed by atoms with Gasteiger partial charge in [0.15, 0.2) is 5.69 Å². The maximum atomic E-state index is 14.3. The van der Waals surface area contributed by atoms with Crippen LogP contribution < -0.4 is 15.5 Å². The monoisotopic (exact) mass is 635 g/mol. The number of nitrogens with zero attached hydrogens (tertiary/aromatic N) is 3. The molecule has 0 saturated heterocycles. The molecule has 0 bridgehead atoms. The molecule has 0 aliphatic heterocycles. The summed E-state index contributed by atoms with van der Waals surface area (Å²) in [5.74, 6) is -0.0943. The number of para-hydroxylation sites is 1. The van der Waals surface area contributed by atoms with Gasteiger partial charge in [0.05, 0.1) is 17.9 Å². The largest absolute Gasteiger partial charge is 0.506 e. The van der Waals surface area contributed by atoms with Crippen molar-refractivity contribution in [1.29, 1.82) is 0 Å². The first kappa shape index (κ1) is 32.4. The number of amides is 2. The van der Waals surface area contributed by atoms with Crippen molar-refractivity contribution >= 4 is 23.4 Å². The summed E-state index contributed by atoms with van der Waals surface area (Å²) in [6.07, 6.45) is -3.21. The first-order chi connectivity index (χ1) is 21.8. The lowest BCUT2D eigenvalue weighted by Gasteiger charge is -2.24. The average molecular weight is 636 g/mol. The third kappa shape index (κ3) is 8.38. The number of aromatic hydroxyl groups is 1. The molecule has 5 rings (SSSR count). The molecule has 0 radical (unpaired) electrons. The molecule has 4 aromatic rings. The van der Waals surface area contributed by atoms with Gasteiger partial charge in [-0.2, -0.15) is 18.3 Å². The van der Waals surface area contributed by atoms with Gasteiger partial charge in [-0.3, -0.25) is 4.79 Å². The summed E-state index contributed by atoms with van der Waals surface area (Å²) in [6.45, 7) is 5.94. The molecule has 242 valence electrons. The molecule has 12 heteroatoms. The van der Waals surface area contributed by atoms with E-state index in [9.17, 15) is 27.9 Å². The Morgan fingerprint density at radius 3 is 2.39 bits per heavy atom. The Labute approximate surface area is 265 Å². The predicted molar refractivity (Wildman–Crippen MR) is 168 cm³/mol. The molecule has 0 unspecified atom stereocenters. The molecule has 9 nitrogen and oxygen atoms in total. The summed E-state index contributed by atoms with van der Waals surface area (Å²) < 4.78 is 48.2. The van der Waals surface area contributed by atoms with Crippen LogP contribution in [0.5, 0.6) is 5.75 Å². The number of carbonyl (C=O) groups is 2. The van der Waals surface area contributed by atoms with Crippen molar-refractivity contribution in [2.24, 2.45) is 5.92 Å². The molecule has 1 aliphatic rings. The Hall–Kier alpha value is -5.00. The summed E-state index contributed by atoms with van der Waals surface area (Å²) >= 11 is 0. The highest BCUT2D eigenvalue weighted by molar-refractivity contribution is 6.05. The van der Waals surface area contributed by atoms with Crippen LogP contribution >= 0.6 is 0 Å². The van der Waals surface area contributed by atoms with Crippen LogP contribution in [0.1, 0.15) is 60.9 Å². The summed E-state index contributed by atoms with van der Waals surface area (Å²) in [5.41, 5.74) is 0.162.